The number of rotatable bonds is 12. The molecule has 168 valence electrons. The maximum atomic E-state index is 12.7. The van der Waals surface area contributed by atoms with Gasteiger partial charge in [0.1, 0.15) is 6.04 Å². The van der Waals surface area contributed by atoms with E-state index in [4.69, 9.17) is 9.47 Å². The SMILES string of the molecule is CCOC(=O)C(CCCC(CC)Cc1ccccc1)NC(=O)c1nccc(OC)c1O. The van der Waals surface area contributed by atoms with E-state index in [-0.39, 0.29) is 23.8 Å². The van der Waals surface area contributed by atoms with Gasteiger partial charge in [0.15, 0.2) is 17.2 Å². The molecule has 1 heterocycles. The van der Waals surface area contributed by atoms with Gasteiger partial charge in [-0.2, -0.15) is 0 Å². The van der Waals surface area contributed by atoms with Crippen LogP contribution in [0.2, 0.25) is 0 Å². The summed E-state index contributed by atoms with van der Waals surface area (Å²) in [5.41, 5.74) is 1.10. The number of carbonyl (C=O) groups excluding carboxylic acids is 2. The molecule has 2 N–H and O–H groups in total. The van der Waals surface area contributed by atoms with Crippen molar-refractivity contribution < 1.29 is 24.2 Å². The molecule has 0 saturated heterocycles. The first-order valence-electron chi connectivity index (χ1n) is 10.7. The standard InChI is InChI=1S/C24H32N2O5/c1-4-17(16-18-10-7-6-8-11-18)12-9-13-19(24(29)31-5-2)26-23(28)21-22(27)20(30-3)14-15-25-21/h6-8,10-11,14-15,17,19,27H,4-5,9,12-13,16H2,1-3H3,(H,26,28). The van der Waals surface area contributed by atoms with E-state index in [2.05, 4.69) is 29.4 Å². The number of hydrogen-bond acceptors (Lipinski definition) is 6. The third-order valence-electron chi connectivity index (χ3n) is 5.25. The minimum Gasteiger partial charge on any atom is -0.503 e. The molecule has 0 aliphatic carbocycles. The summed E-state index contributed by atoms with van der Waals surface area (Å²) in [5.74, 6) is -0.872. The van der Waals surface area contributed by atoms with E-state index >= 15 is 0 Å². The summed E-state index contributed by atoms with van der Waals surface area (Å²) < 4.78 is 10.2. The smallest absolute Gasteiger partial charge is 0.328 e. The Morgan fingerprint density at radius 2 is 1.87 bits per heavy atom. The number of hydrogen-bond donors (Lipinski definition) is 2. The summed E-state index contributed by atoms with van der Waals surface area (Å²) >= 11 is 0. The van der Waals surface area contributed by atoms with E-state index in [1.165, 1.54) is 24.9 Å². The van der Waals surface area contributed by atoms with Gasteiger partial charge in [-0.1, -0.05) is 56.5 Å². The lowest BCUT2D eigenvalue weighted by atomic mass is 9.91. The third-order valence-corrected chi connectivity index (χ3v) is 5.25. The first-order valence-corrected chi connectivity index (χ1v) is 10.7. The monoisotopic (exact) mass is 428 g/mol. The van der Waals surface area contributed by atoms with E-state index in [9.17, 15) is 14.7 Å². The summed E-state index contributed by atoms with van der Waals surface area (Å²) in [4.78, 5) is 29.0. The second kappa shape index (κ2) is 12.6. The summed E-state index contributed by atoms with van der Waals surface area (Å²) in [6.07, 6.45) is 5.51. The number of nitrogens with zero attached hydrogens (tertiary/aromatic N) is 1. The molecule has 0 saturated carbocycles. The molecule has 2 atom stereocenters. The third kappa shape index (κ3) is 7.27. The number of pyridine rings is 1. The van der Waals surface area contributed by atoms with E-state index in [1.807, 2.05) is 18.2 Å². The predicted octanol–water partition coefficient (Wildman–Crippen LogP) is 3.90. The Balaban J connectivity index is 2.00. The van der Waals surface area contributed by atoms with E-state index < -0.39 is 17.9 Å². The van der Waals surface area contributed by atoms with Crippen molar-refractivity contribution in [2.45, 2.75) is 52.0 Å². The van der Waals surface area contributed by atoms with Gasteiger partial charge >= 0.3 is 5.97 Å². The highest BCUT2D eigenvalue weighted by atomic mass is 16.5. The number of esters is 1. The van der Waals surface area contributed by atoms with Crippen LogP contribution in [0.5, 0.6) is 11.5 Å². The molecule has 0 spiro atoms. The van der Waals surface area contributed by atoms with Crippen LogP contribution >= 0.6 is 0 Å². The number of methoxy groups -OCH3 is 1. The maximum Gasteiger partial charge on any atom is 0.328 e. The normalized spacial score (nSPS) is 12.6. The lowest BCUT2D eigenvalue weighted by Gasteiger charge is -2.19. The van der Waals surface area contributed by atoms with E-state index in [1.54, 1.807) is 6.92 Å². The highest BCUT2D eigenvalue weighted by molar-refractivity contribution is 5.97. The Morgan fingerprint density at radius 3 is 2.52 bits per heavy atom. The molecule has 2 rings (SSSR count). The quantitative estimate of drug-likeness (QED) is 0.498. The number of carbonyl (C=O) groups is 2. The van der Waals surface area contributed by atoms with Gasteiger partial charge in [0.25, 0.3) is 5.91 Å². The lowest BCUT2D eigenvalue weighted by molar-refractivity contribution is -0.145. The number of aromatic hydroxyl groups is 1. The van der Waals surface area contributed by atoms with Crippen LogP contribution < -0.4 is 10.1 Å². The summed E-state index contributed by atoms with van der Waals surface area (Å²) in [7, 11) is 1.39. The van der Waals surface area contributed by atoms with Crippen molar-refractivity contribution in [1.29, 1.82) is 0 Å². The van der Waals surface area contributed by atoms with Crippen molar-refractivity contribution in [3.8, 4) is 11.5 Å². The fourth-order valence-corrected chi connectivity index (χ4v) is 3.49. The van der Waals surface area contributed by atoms with Crippen LogP contribution in [0.25, 0.3) is 0 Å². The largest absolute Gasteiger partial charge is 0.503 e. The van der Waals surface area contributed by atoms with Crippen LogP contribution in [0.15, 0.2) is 42.6 Å². The van der Waals surface area contributed by atoms with Gasteiger partial charge in [0.05, 0.1) is 13.7 Å². The fourth-order valence-electron chi connectivity index (χ4n) is 3.49. The minimum atomic E-state index is -0.811. The topological polar surface area (TPSA) is 97.8 Å². The molecule has 0 bridgehead atoms. The van der Waals surface area contributed by atoms with Crippen molar-refractivity contribution in [2.24, 2.45) is 5.92 Å². The van der Waals surface area contributed by atoms with Crippen LogP contribution in [0.1, 0.15) is 55.6 Å². The predicted molar refractivity (Wildman–Crippen MR) is 118 cm³/mol. The van der Waals surface area contributed by atoms with Gasteiger partial charge in [0.2, 0.25) is 0 Å². The van der Waals surface area contributed by atoms with Crippen LogP contribution in [-0.2, 0) is 16.0 Å². The number of nitrogens with one attached hydrogen (secondary N) is 1. The molecule has 7 nitrogen and oxygen atoms in total. The zero-order valence-electron chi connectivity index (χ0n) is 18.5. The zero-order chi connectivity index (χ0) is 22.6. The van der Waals surface area contributed by atoms with Crippen LogP contribution in [0.4, 0.5) is 0 Å². The van der Waals surface area contributed by atoms with Gasteiger partial charge in [0, 0.05) is 12.3 Å². The molecule has 1 amide bonds. The Bertz CT molecular complexity index is 841. The van der Waals surface area contributed by atoms with Crippen molar-refractivity contribution in [3.63, 3.8) is 0 Å². The van der Waals surface area contributed by atoms with Gasteiger partial charge in [-0.05, 0) is 31.2 Å². The maximum absolute atomic E-state index is 12.7. The molecule has 0 aliphatic heterocycles. The van der Waals surface area contributed by atoms with Crippen LogP contribution in [0.3, 0.4) is 0 Å². The molecule has 1 aromatic heterocycles. The van der Waals surface area contributed by atoms with Gasteiger partial charge in [-0.25, -0.2) is 9.78 Å². The molecule has 31 heavy (non-hydrogen) atoms. The molecule has 0 fully saturated rings. The van der Waals surface area contributed by atoms with Gasteiger partial charge in [-0.15, -0.1) is 0 Å². The first kappa shape index (κ1) is 24.2. The summed E-state index contributed by atoms with van der Waals surface area (Å²) in [6.45, 7) is 4.11. The van der Waals surface area contributed by atoms with Crippen LogP contribution in [-0.4, -0.2) is 41.7 Å². The Hall–Kier alpha value is -3.09. The van der Waals surface area contributed by atoms with Gasteiger partial charge in [-0.3, -0.25) is 4.79 Å². The van der Waals surface area contributed by atoms with Crippen molar-refractivity contribution in [3.05, 3.63) is 53.9 Å². The zero-order valence-corrected chi connectivity index (χ0v) is 18.5. The van der Waals surface area contributed by atoms with Crippen molar-refractivity contribution >= 4 is 11.9 Å². The van der Waals surface area contributed by atoms with Crippen molar-refractivity contribution in [1.82, 2.24) is 10.3 Å². The molecule has 2 unspecified atom stereocenters. The highest BCUT2D eigenvalue weighted by Crippen LogP contribution is 2.27. The van der Waals surface area contributed by atoms with Crippen LogP contribution in [0, 0.1) is 5.92 Å². The molecule has 7 heteroatoms. The number of aromatic nitrogens is 1. The molecule has 1 aromatic carbocycles. The van der Waals surface area contributed by atoms with Crippen molar-refractivity contribution in [2.75, 3.05) is 13.7 Å². The minimum absolute atomic E-state index is 0.138. The molecule has 2 aromatic rings. The molecule has 0 radical (unpaired) electrons. The fraction of sp³-hybridized carbons (Fsp3) is 0.458. The Morgan fingerprint density at radius 1 is 1.13 bits per heavy atom. The second-order valence-corrected chi connectivity index (χ2v) is 7.38. The van der Waals surface area contributed by atoms with E-state index in [0.29, 0.717) is 12.3 Å². The molecule has 0 aliphatic rings. The second-order valence-electron chi connectivity index (χ2n) is 7.38. The molecular formula is C24H32N2O5. The summed E-state index contributed by atoms with van der Waals surface area (Å²) in [5, 5.41) is 12.8. The highest BCUT2D eigenvalue weighted by Gasteiger charge is 2.25. The average Bonchev–Trinajstić information content (AvgIpc) is 2.78. The van der Waals surface area contributed by atoms with E-state index in [0.717, 1.165) is 25.7 Å². The average molecular weight is 429 g/mol. The first-order chi connectivity index (χ1) is 15.0. The molecular weight excluding hydrogens is 396 g/mol. The summed E-state index contributed by atoms with van der Waals surface area (Å²) in [6, 6.07) is 11.0. The number of ether oxygens (including phenoxy) is 2. The van der Waals surface area contributed by atoms with Gasteiger partial charge < -0.3 is 19.9 Å². The number of benzene rings is 1. The lowest BCUT2D eigenvalue weighted by Crippen LogP contribution is -2.42. The Labute approximate surface area is 183 Å². The Kier molecular flexibility index (Phi) is 9.81. The number of amides is 1.